The van der Waals surface area contributed by atoms with Crippen LogP contribution in [0.4, 0.5) is 11.5 Å². The lowest BCUT2D eigenvalue weighted by atomic mass is 10.1. The Morgan fingerprint density at radius 2 is 1.71 bits per heavy atom. The summed E-state index contributed by atoms with van der Waals surface area (Å²) in [4.78, 5) is 41.5. The van der Waals surface area contributed by atoms with Gasteiger partial charge in [0.1, 0.15) is 5.82 Å². The zero-order valence-corrected chi connectivity index (χ0v) is 16.9. The van der Waals surface area contributed by atoms with Crippen molar-refractivity contribution in [2.45, 2.75) is 6.54 Å². The van der Waals surface area contributed by atoms with Crippen molar-refractivity contribution in [3.05, 3.63) is 111 Å². The Labute approximate surface area is 177 Å². The molecule has 0 aliphatic carbocycles. The second kappa shape index (κ2) is 8.19. The number of aromatic nitrogens is 3. The topological polar surface area (TPSA) is 106 Å². The van der Waals surface area contributed by atoms with E-state index in [9.17, 15) is 14.4 Å². The van der Waals surface area contributed by atoms with Gasteiger partial charge in [-0.3, -0.25) is 19.1 Å². The number of hydrogen-bond donors (Lipinski definition) is 2. The van der Waals surface area contributed by atoms with E-state index < -0.39 is 17.2 Å². The average molecular weight is 415 g/mol. The molecular weight excluding hydrogens is 394 g/mol. The average Bonchev–Trinajstić information content (AvgIpc) is 3.32. The van der Waals surface area contributed by atoms with Crippen LogP contribution in [-0.2, 0) is 6.54 Å². The van der Waals surface area contributed by atoms with Gasteiger partial charge in [0.25, 0.3) is 11.5 Å². The van der Waals surface area contributed by atoms with Crippen molar-refractivity contribution in [2.24, 2.45) is 0 Å². The van der Waals surface area contributed by atoms with Crippen LogP contribution in [0.15, 0.2) is 88.7 Å². The van der Waals surface area contributed by atoms with Gasteiger partial charge < -0.3 is 15.2 Å². The summed E-state index contributed by atoms with van der Waals surface area (Å²) in [5.41, 5.74) is 6.80. The summed E-state index contributed by atoms with van der Waals surface area (Å²) in [5, 5.41) is 0. The number of aromatic amines is 1. The maximum atomic E-state index is 13.1. The standard InChI is InChI=1S/C23H21N5O3/c1-26(22(30)17-10-7-11-18(14-17)27-12-5-6-13-27)19-20(24)28(23(31)25-21(19)29)15-16-8-3-2-4-9-16/h2-14H,15,24H2,1H3,(H,25,29,31). The first-order chi connectivity index (χ1) is 15.0. The molecule has 0 aliphatic heterocycles. The van der Waals surface area contributed by atoms with Crippen LogP contribution in [0.1, 0.15) is 15.9 Å². The number of H-pyrrole nitrogens is 1. The van der Waals surface area contributed by atoms with Gasteiger partial charge in [0.15, 0.2) is 5.69 Å². The van der Waals surface area contributed by atoms with E-state index in [-0.39, 0.29) is 18.1 Å². The first-order valence-electron chi connectivity index (χ1n) is 9.63. The number of nitrogens with one attached hydrogen (secondary N) is 1. The zero-order chi connectivity index (χ0) is 22.0. The first-order valence-corrected chi connectivity index (χ1v) is 9.63. The molecule has 4 rings (SSSR count). The van der Waals surface area contributed by atoms with Crippen LogP contribution in [0, 0.1) is 0 Å². The lowest BCUT2D eigenvalue weighted by molar-refractivity contribution is 0.0992. The highest BCUT2D eigenvalue weighted by molar-refractivity contribution is 6.07. The molecule has 8 heteroatoms. The van der Waals surface area contributed by atoms with Crippen molar-refractivity contribution in [2.75, 3.05) is 17.7 Å². The van der Waals surface area contributed by atoms with Gasteiger partial charge in [-0.1, -0.05) is 36.4 Å². The van der Waals surface area contributed by atoms with Crippen molar-refractivity contribution in [1.82, 2.24) is 14.1 Å². The molecule has 0 spiro atoms. The van der Waals surface area contributed by atoms with Gasteiger partial charge in [-0.25, -0.2) is 4.79 Å². The fourth-order valence-corrected chi connectivity index (χ4v) is 3.43. The van der Waals surface area contributed by atoms with Gasteiger partial charge in [-0.2, -0.15) is 0 Å². The third-order valence-electron chi connectivity index (χ3n) is 5.03. The molecule has 3 N–H and O–H groups in total. The Hall–Kier alpha value is -4.33. The fourth-order valence-electron chi connectivity index (χ4n) is 3.43. The van der Waals surface area contributed by atoms with Crippen LogP contribution in [0.3, 0.4) is 0 Å². The summed E-state index contributed by atoms with van der Waals surface area (Å²) < 4.78 is 3.12. The Balaban J connectivity index is 1.71. The largest absolute Gasteiger partial charge is 0.383 e. The fraction of sp³-hybridized carbons (Fsp3) is 0.0870. The lowest BCUT2D eigenvalue weighted by Crippen LogP contribution is -2.39. The van der Waals surface area contributed by atoms with E-state index >= 15 is 0 Å². The van der Waals surface area contributed by atoms with E-state index in [2.05, 4.69) is 4.98 Å². The number of carbonyl (C=O) groups excluding carboxylic acids is 1. The molecule has 0 aliphatic rings. The Kier molecular flexibility index (Phi) is 5.28. The number of nitrogens with zero attached hydrogens (tertiary/aromatic N) is 3. The van der Waals surface area contributed by atoms with Crippen LogP contribution < -0.4 is 21.9 Å². The first kappa shape index (κ1) is 20.0. The van der Waals surface area contributed by atoms with Gasteiger partial charge in [-0.15, -0.1) is 0 Å². The molecule has 0 atom stereocenters. The molecule has 0 saturated heterocycles. The van der Waals surface area contributed by atoms with Crippen molar-refractivity contribution < 1.29 is 4.79 Å². The van der Waals surface area contributed by atoms with Crippen LogP contribution in [-0.4, -0.2) is 27.1 Å². The van der Waals surface area contributed by atoms with E-state index in [0.29, 0.717) is 5.56 Å². The van der Waals surface area contributed by atoms with E-state index in [0.717, 1.165) is 11.3 Å². The summed E-state index contributed by atoms with van der Waals surface area (Å²) in [6, 6.07) is 20.0. The Morgan fingerprint density at radius 1 is 1.00 bits per heavy atom. The van der Waals surface area contributed by atoms with Gasteiger partial charge >= 0.3 is 5.69 Å². The molecule has 4 aromatic rings. The van der Waals surface area contributed by atoms with Crippen LogP contribution in [0.5, 0.6) is 0 Å². The normalized spacial score (nSPS) is 10.7. The molecular formula is C23H21N5O3. The molecule has 0 unspecified atom stereocenters. The van der Waals surface area contributed by atoms with Crippen LogP contribution in [0.25, 0.3) is 5.69 Å². The number of amides is 1. The minimum atomic E-state index is -0.718. The second-order valence-corrected chi connectivity index (χ2v) is 7.07. The maximum Gasteiger partial charge on any atom is 0.330 e. The Bertz CT molecular complexity index is 1340. The van der Waals surface area contributed by atoms with Gasteiger partial charge in [0, 0.05) is 30.7 Å². The Morgan fingerprint density at radius 3 is 2.42 bits per heavy atom. The monoisotopic (exact) mass is 415 g/mol. The van der Waals surface area contributed by atoms with Crippen LogP contribution >= 0.6 is 0 Å². The number of anilines is 2. The van der Waals surface area contributed by atoms with Crippen LogP contribution in [0.2, 0.25) is 0 Å². The molecule has 0 fully saturated rings. The predicted molar refractivity (Wildman–Crippen MR) is 120 cm³/mol. The van der Waals surface area contributed by atoms with E-state index in [1.807, 2.05) is 65.5 Å². The third kappa shape index (κ3) is 3.91. The summed E-state index contributed by atoms with van der Waals surface area (Å²) in [6.45, 7) is 0.167. The zero-order valence-electron chi connectivity index (χ0n) is 16.9. The van der Waals surface area contributed by atoms with E-state index in [1.54, 1.807) is 18.2 Å². The molecule has 0 radical (unpaired) electrons. The molecule has 1 amide bonds. The highest BCUT2D eigenvalue weighted by Crippen LogP contribution is 2.20. The van der Waals surface area contributed by atoms with E-state index in [4.69, 9.17) is 5.73 Å². The van der Waals surface area contributed by atoms with E-state index in [1.165, 1.54) is 16.5 Å². The van der Waals surface area contributed by atoms with Crippen molar-refractivity contribution in [3.63, 3.8) is 0 Å². The highest BCUT2D eigenvalue weighted by atomic mass is 16.2. The summed E-state index contributed by atoms with van der Waals surface area (Å²) in [7, 11) is 1.46. The predicted octanol–water partition coefficient (Wildman–Crippen LogP) is 2.23. The van der Waals surface area contributed by atoms with Gasteiger partial charge in [0.05, 0.1) is 6.54 Å². The minimum Gasteiger partial charge on any atom is -0.383 e. The molecule has 8 nitrogen and oxygen atoms in total. The molecule has 0 bridgehead atoms. The van der Waals surface area contributed by atoms with Gasteiger partial charge in [-0.05, 0) is 35.9 Å². The van der Waals surface area contributed by atoms with Crippen molar-refractivity contribution in [1.29, 1.82) is 0 Å². The molecule has 2 aromatic heterocycles. The summed E-state index contributed by atoms with van der Waals surface area (Å²) in [6.07, 6.45) is 3.74. The molecule has 2 aromatic carbocycles. The maximum absolute atomic E-state index is 13.1. The summed E-state index contributed by atoms with van der Waals surface area (Å²) in [5.74, 6) is -0.494. The highest BCUT2D eigenvalue weighted by Gasteiger charge is 2.22. The number of benzene rings is 2. The third-order valence-corrected chi connectivity index (χ3v) is 5.03. The number of nitrogens with two attached hydrogens (primary N) is 1. The number of rotatable bonds is 5. The lowest BCUT2D eigenvalue weighted by Gasteiger charge is -2.21. The molecule has 31 heavy (non-hydrogen) atoms. The molecule has 2 heterocycles. The number of carbonyl (C=O) groups is 1. The minimum absolute atomic E-state index is 0.0741. The van der Waals surface area contributed by atoms with Crippen molar-refractivity contribution in [3.8, 4) is 5.69 Å². The second-order valence-electron chi connectivity index (χ2n) is 7.07. The number of nitrogen functional groups attached to an aromatic ring is 1. The van der Waals surface area contributed by atoms with Crippen molar-refractivity contribution >= 4 is 17.4 Å². The SMILES string of the molecule is CN(C(=O)c1cccc(-n2cccc2)c1)c1c(N)n(Cc2ccccc2)c(=O)[nH]c1=O. The quantitative estimate of drug-likeness (QED) is 0.521. The number of hydrogen-bond acceptors (Lipinski definition) is 4. The smallest absolute Gasteiger partial charge is 0.330 e. The molecule has 156 valence electrons. The molecule has 0 saturated carbocycles. The summed E-state index contributed by atoms with van der Waals surface area (Å²) >= 11 is 0. The van der Waals surface area contributed by atoms with Gasteiger partial charge in [0.2, 0.25) is 0 Å².